The lowest BCUT2D eigenvalue weighted by atomic mass is 10.4. The van der Waals surface area contributed by atoms with Gasteiger partial charge in [0.05, 0.1) is 11.8 Å². The van der Waals surface area contributed by atoms with Crippen molar-refractivity contribution in [3.05, 3.63) is 17.0 Å². The molecule has 0 saturated carbocycles. The van der Waals surface area contributed by atoms with Crippen LogP contribution in [-0.4, -0.2) is 20.7 Å². The Morgan fingerprint density at radius 1 is 1.05 bits per heavy atom. The van der Waals surface area contributed by atoms with Gasteiger partial charge in [0.25, 0.3) is 0 Å². The molecule has 0 saturated heterocycles. The van der Waals surface area contributed by atoms with Crippen LogP contribution in [0.15, 0.2) is 17.0 Å². The molecule has 0 radical (unpaired) electrons. The highest BCUT2D eigenvalue weighted by Gasteiger charge is 2.49. The largest absolute Gasteiger partial charge is 0.462 e. The topological polar surface area (TPSA) is 26.3 Å². The van der Waals surface area contributed by atoms with Crippen LogP contribution in [0.25, 0.3) is 0 Å². The van der Waals surface area contributed by atoms with Crippen molar-refractivity contribution in [2.45, 2.75) is 78.4 Å². The molecule has 116 valence electrons. The third-order valence-electron chi connectivity index (χ3n) is 4.23. The van der Waals surface area contributed by atoms with Gasteiger partial charge in [0.1, 0.15) is 8.07 Å². The van der Waals surface area contributed by atoms with E-state index in [2.05, 4.69) is 54.2 Å². The summed E-state index contributed by atoms with van der Waals surface area (Å²) in [4.78, 5) is 12.5. The van der Waals surface area contributed by atoms with E-state index in [-0.39, 0.29) is 5.97 Å². The Bertz CT molecular complexity index is 353. The van der Waals surface area contributed by atoms with Crippen molar-refractivity contribution in [2.24, 2.45) is 0 Å². The van der Waals surface area contributed by atoms with Crippen LogP contribution in [0.3, 0.4) is 0 Å². The van der Waals surface area contributed by atoms with Gasteiger partial charge in [-0.25, -0.2) is 4.79 Å². The summed E-state index contributed by atoms with van der Waals surface area (Å²) in [5, 5.41) is 0.848. The van der Waals surface area contributed by atoms with Gasteiger partial charge >= 0.3 is 5.97 Å². The first-order chi connectivity index (χ1) is 9.26. The molecule has 0 aromatic heterocycles. The smallest absolute Gasteiger partial charge is 0.337 e. The summed E-state index contributed by atoms with van der Waals surface area (Å²) >= 11 is 0. The number of hydrogen-bond donors (Lipinski definition) is 0. The van der Waals surface area contributed by atoms with E-state index in [1.165, 1.54) is 0 Å². The van der Waals surface area contributed by atoms with E-state index in [1.54, 1.807) is 0 Å². The Labute approximate surface area is 126 Å². The van der Waals surface area contributed by atoms with Crippen LogP contribution >= 0.6 is 0 Å². The molecule has 0 aromatic rings. The van der Waals surface area contributed by atoms with Gasteiger partial charge in [-0.1, -0.05) is 48.5 Å². The molecule has 0 N–H and O–H groups in total. The quantitative estimate of drug-likeness (QED) is 0.277. The van der Waals surface area contributed by atoms with E-state index < -0.39 is 8.07 Å². The monoisotopic (exact) mass is 296 g/mol. The molecule has 0 spiro atoms. The lowest BCUT2D eigenvalue weighted by Crippen LogP contribution is -2.49. The van der Waals surface area contributed by atoms with Gasteiger partial charge in [-0.05, 0) is 36.0 Å². The third-order valence-corrected chi connectivity index (χ3v) is 11.2. The summed E-state index contributed by atoms with van der Waals surface area (Å²) < 4.78 is 5.33. The second-order valence-corrected chi connectivity index (χ2v) is 12.1. The zero-order valence-electron chi connectivity index (χ0n) is 14.5. The fourth-order valence-corrected chi connectivity index (χ4v) is 10.1. The van der Waals surface area contributed by atoms with Gasteiger partial charge in [-0.3, -0.25) is 0 Å². The van der Waals surface area contributed by atoms with E-state index in [4.69, 9.17) is 4.74 Å². The summed E-state index contributed by atoms with van der Waals surface area (Å²) in [6.07, 6.45) is 2.86. The maximum atomic E-state index is 12.5. The van der Waals surface area contributed by atoms with Gasteiger partial charge in [-0.15, -0.1) is 5.73 Å². The molecule has 20 heavy (non-hydrogen) atoms. The SMILES string of the molecule is CCC=C=C(C(=O)OCC)[Si](C(C)C)(C(C)C)C(C)C. The van der Waals surface area contributed by atoms with Crippen molar-refractivity contribution in [3.8, 4) is 0 Å². The minimum atomic E-state index is -1.99. The number of rotatable bonds is 7. The fourth-order valence-electron chi connectivity index (χ4n) is 3.63. The number of carbonyl (C=O) groups is 1. The average molecular weight is 297 g/mol. The molecule has 0 heterocycles. The van der Waals surface area contributed by atoms with Crippen molar-refractivity contribution in [1.29, 1.82) is 0 Å². The van der Waals surface area contributed by atoms with Crippen LogP contribution in [0, 0.1) is 0 Å². The standard InChI is InChI=1S/C17H32O2Si/c1-9-11-12-16(17(18)19-10-2)20(13(3)4,14(5)6)15(7)8/h11,13-15H,9-10H2,1-8H3. The number of ether oxygens (including phenoxy) is 1. The van der Waals surface area contributed by atoms with Gasteiger partial charge in [-0.2, -0.15) is 0 Å². The van der Waals surface area contributed by atoms with E-state index in [0.717, 1.165) is 11.6 Å². The first kappa shape index (κ1) is 19.2. The highest BCUT2D eigenvalue weighted by molar-refractivity contribution is 6.93. The van der Waals surface area contributed by atoms with Gasteiger partial charge in [0.2, 0.25) is 0 Å². The zero-order chi connectivity index (χ0) is 15.9. The minimum Gasteiger partial charge on any atom is -0.462 e. The Kier molecular flexibility index (Phi) is 8.15. The summed E-state index contributed by atoms with van der Waals surface area (Å²) in [5.41, 5.74) is 4.78. The van der Waals surface area contributed by atoms with Gasteiger partial charge in [0.15, 0.2) is 0 Å². The van der Waals surface area contributed by atoms with Crippen molar-refractivity contribution < 1.29 is 9.53 Å². The fraction of sp³-hybridized carbons (Fsp3) is 0.765. The molecule has 0 fully saturated rings. The average Bonchev–Trinajstić information content (AvgIpc) is 2.32. The van der Waals surface area contributed by atoms with Gasteiger partial charge < -0.3 is 4.74 Å². The van der Waals surface area contributed by atoms with Crippen LogP contribution in [0.4, 0.5) is 0 Å². The molecule has 0 amide bonds. The van der Waals surface area contributed by atoms with Crippen molar-refractivity contribution in [2.75, 3.05) is 6.61 Å². The Balaban J connectivity index is 6.16. The van der Waals surface area contributed by atoms with E-state index in [1.807, 2.05) is 13.0 Å². The Morgan fingerprint density at radius 2 is 1.50 bits per heavy atom. The van der Waals surface area contributed by atoms with Crippen molar-refractivity contribution in [1.82, 2.24) is 0 Å². The second kappa shape index (κ2) is 8.48. The molecule has 0 rings (SSSR count). The number of hydrogen-bond acceptors (Lipinski definition) is 2. The molecule has 0 unspecified atom stereocenters. The summed E-state index contributed by atoms with van der Waals surface area (Å²) in [5.74, 6) is -0.153. The lowest BCUT2D eigenvalue weighted by Gasteiger charge is -2.43. The zero-order valence-corrected chi connectivity index (χ0v) is 15.5. The predicted molar refractivity (Wildman–Crippen MR) is 89.6 cm³/mol. The normalized spacial score (nSPS) is 11.8. The molecule has 2 nitrogen and oxygen atoms in total. The lowest BCUT2D eigenvalue weighted by molar-refractivity contribution is -0.137. The Morgan fingerprint density at radius 3 is 1.80 bits per heavy atom. The molecule has 0 aliphatic carbocycles. The van der Waals surface area contributed by atoms with Crippen molar-refractivity contribution in [3.63, 3.8) is 0 Å². The van der Waals surface area contributed by atoms with E-state index in [9.17, 15) is 4.79 Å². The molecular weight excluding hydrogens is 264 g/mol. The summed E-state index contributed by atoms with van der Waals surface area (Å²) in [6, 6.07) is 0. The van der Waals surface area contributed by atoms with Crippen LogP contribution < -0.4 is 0 Å². The Hall–Kier alpha value is -0.793. The molecule has 0 aliphatic rings. The van der Waals surface area contributed by atoms with Crippen LogP contribution in [-0.2, 0) is 9.53 Å². The summed E-state index contributed by atoms with van der Waals surface area (Å²) in [6.45, 7) is 17.9. The molecule has 0 atom stereocenters. The first-order valence-electron chi connectivity index (χ1n) is 7.89. The van der Waals surface area contributed by atoms with Crippen molar-refractivity contribution >= 4 is 14.0 Å². The van der Waals surface area contributed by atoms with Crippen LogP contribution in [0.2, 0.25) is 16.6 Å². The van der Waals surface area contributed by atoms with Gasteiger partial charge in [0, 0.05) is 0 Å². The van der Waals surface area contributed by atoms with E-state index in [0.29, 0.717) is 23.2 Å². The minimum absolute atomic E-state index is 0.153. The van der Waals surface area contributed by atoms with E-state index >= 15 is 0 Å². The third kappa shape index (κ3) is 3.86. The van der Waals surface area contributed by atoms with Crippen LogP contribution in [0.5, 0.6) is 0 Å². The molecule has 0 aliphatic heterocycles. The molecular formula is C17H32O2Si. The predicted octanol–water partition coefficient (Wildman–Crippen LogP) is 5.26. The summed E-state index contributed by atoms with van der Waals surface area (Å²) in [7, 11) is -1.99. The second-order valence-electron chi connectivity index (χ2n) is 6.25. The number of carbonyl (C=O) groups excluding carboxylic acids is 1. The highest BCUT2D eigenvalue weighted by atomic mass is 28.3. The molecule has 0 bridgehead atoms. The molecule has 3 heteroatoms. The van der Waals surface area contributed by atoms with Crippen LogP contribution in [0.1, 0.15) is 61.8 Å². The maximum Gasteiger partial charge on any atom is 0.337 e. The first-order valence-corrected chi connectivity index (χ1v) is 10.1. The number of esters is 1. The highest BCUT2D eigenvalue weighted by Crippen LogP contribution is 2.46. The molecule has 0 aromatic carbocycles. The maximum absolute atomic E-state index is 12.5.